The number of hydrogen-bond donors (Lipinski definition) is 2. The SMILES string of the molecule is COc1cc(NS(=O)(=O)c2ccccc2)ccc1C(N)=O. The van der Waals surface area contributed by atoms with Crippen molar-refractivity contribution in [3.8, 4) is 5.75 Å². The fourth-order valence-corrected chi connectivity index (χ4v) is 2.84. The van der Waals surface area contributed by atoms with Gasteiger partial charge in [0, 0.05) is 6.07 Å². The number of amides is 1. The summed E-state index contributed by atoms with van der Waals surface area (Å²) in [5.74, 6) is -0.444. The maximum absolute atomic E-state index is 12.2. The van der Waals surface area contributed by atoms with Gasteiger partial charge in [-0.3, -0.25) is 9.52 Å². The number of sulfonamides is 1. The predicted octanol–water partition coefficient (Wildman–Crippen LogP) is 1.59. The molecule has 0 unspecified atom stereocenters. The summed E-state index contributed by atoms with van der Waals surface area (Å²) in [6.45, 7) is 0. The third-order valence-electron chi connectivity index (χ3n) is 2.77. The lowest BCUT2D eigenvalue weighted by atomic mass is 10.2. The molecule has 0 aromatic heterocycles. The molecular weight excluding hydrogens is 292 g/mol. The molecule has 2 aromatic carbocycles. The molecule has 3 N–H and O–H groups in total. The van der Waals surface area contributed by atoms with Gasteiger partial charge >= 0.3 is 0 Å². The first-order valence-corrected chi connectivity index (χ1v) is 7.48. The molecule has 2 aromatic rings. The summed E-state index contributed by atoms with van der Waals surface area (Å²) in [7, 11) is -2.32. The molecule has 7 heteroatoms. The van der Waals surface area contributed by atoms with Crippen molar-refractivity contribution in [2.45, 2.75) is 4.90 Å². The normalized spacial score (nSPS) is 10.9. The third kappa shape index (κ3) is 3.32. The lowest BCUT2D eigenvalue weighted by molar-refractivity contribution is 0.0997. The molecule has 0 saturated heterocycles. The molecule has 0 aliphatic carbocycles. The topological polar surface area (TPSA) is 98.5 Å². The van der Waals surface area contributed by atoms with Crippen LogP contribution in [0.2, 0.25) is 0 Å². The summed E-state index contributed by atoms with van der Waals surface area (Å²) in [6, 6.07) is 12.2. The number of carbonyl (C=O) groups excluding carboxylic acids is 1. The Hall–Kier alpha value is -2.54. The van der Waals surface area contributed by atoms with E-state index in [0.29, 0.717) is 0 Å². The molecule has 1 amide bonds. The van der Waals surface area contributed by atoms with Crippen LogP contribution in [-0.2, 0) is 10.0 Å². The second-order valence-corrected chi connectivity index (χ2v) is 5.88. The van der Waals surface area contributed by atoms with Gasteiger partial charge in [-0.1, -0.05) is 18.2 Å². The highest BCUT2D eigenvalue weighted by atomic mass is 32.2. The molecule has 0 saturated carbocycles. The standard InChI is InChI=1S/C14H14N2O4S/c1-20-13-9-10(7-8-12(13)14(15)17)16-21(18,19)11-5-3-2-4-6-11/h2-9,16H,1H3,(H2,15,17). The average molecular weight is 306 g/mol. The van der Waals surface area contributed by atoms with Crippen LogP contribution in [-0.4, -0.2) is 21.4 Å². The maximum Gasteiger partial charge on any atom is 0.261 e. The first kappa shape index (κ1) is 14.9. The minimum atomic E-state index is -3.69. The summed E-state index contributed by atoms with van der Waals surface area (Å²) in [5.41, 5.74) is 5.66. The molecule has 0 aliphatic heterocycles. The predicted molar refractivity (Wildman–Crippen MR) is 78.8 cm³/mol. The van der Waals surface area contributed by atoms with Gasteiger partial charge in [0.25, 0.3) is 15.9 Å². The summed E-state index contributed by atoms with van der Waals surface area (Å²) < 4.78 is 31.8. The van der Waals surface area contributed by atoms with Crippen molar-refractivity contribution in [2.75, 3.05) is 11.8 Å². The van der Waals surface area contributed by atoms with Crippen LogP contribution in [0.3, 0.4) is 0 Å². The zero-order valence-electron chi connectivity index (χ0n) is 11.2. The van der Waals surface area contributed by atoms with E-state index in [1.165, 1.54) is 37.4 Å². The summed E-state index contributed by atoms with van der Waals surface area (Å²) in [5, 5.41) is 0. The molecule has 0 bridgehead atoms. The number of primary amides is 1. The monoisotopic (exact) mass is 306 g/mol. The van der Waals surface area contributed by atoms with Gasteiger partial charge in [-0.05, 0) is 24.3 Å². The van der Waals surface area contributed by atoms with Crippen LogP contribution in [0, 0.1) is 0 Å². The van der Waals surface area contributed by atoms with Crippen LogP contribution in [0.15, 0.2) is 53.4 Å². The van der Waals surface area contributed by atoms with Gasteiger partial charge in [0.05, 0.1) is 23.3 Å². The Morgan fingerprint density at radius 2 is 1.81 bits per heavy atom. The second-order valence-electron chi connectivity index (χ2n) is 4.20. The molecule has 0 atom stereocenters. The van der Waals surface area contributed by atoms with E-state index < -0.39 is 15.9 Å². The van der Waals surface area contributed by atoms with Crippen LogP contribution >= 0.6 is 0 Å². The molecule has 0 fully saturated rings. The number of ether oxygens (including phenoxy) is 1. The number of nitrogens with two attached hydrogens (primary N) is 1. The van der Waals surface area contributed by atoms with Gasteiger partial charge in [-0.25, -0.2) is 8.42 Å². The van der Waals surface area contributed by atoms with E-state index in [1.54, 1.807) is 18.2 Å². The van der Waals surface area contributed by atoms with E-state index in [4.69, 9.17) is 10.5 Å². The van der Waals surface area contributed by atoms with Gasteiger partial charge < -0.3 is 10.5 Å². The van der Waals surface area contributed by atoms with Gasteiger partial charge in [0.1, 0.15) is 5.75 Å². The van der Waals surface area contributed by atoms with E-state index in [9.17, 15) is 13.2 Å². The molecule has 0 heterocycles. The lowest BCUT2D eigenvalue weighted by Gasteiger charge is -2.11. The van der Waals surface area contributed by atoms with Crippen molar-refractivity contribution < 1.29 is 17.9 Å². The van der Waals surface area contributed by atoms with Crippen LogP contribution in [0.5, 0.6) is 5.75 Å². The smallest absolute Gasteiger partial charge is 0.261 e. The first-order valence-electron chi connectivity index (χ1n) is 6.00. The van der Waals surface area contributed by atoms with Crippen molar-refractivity contribution in [1.29, 1.82) is 0 Å². The Kier molecular flexibility index (Phi) is 4.13. The number of hydrogen-bond acceptors (Lipinski definition) is 4. The Labute approximate surface area is 122 Å². The average Bonchev–Trinajstić information content (AvgIpc) is 2.47. The second kappa shape index (κ2) is 5.84. The van der Waals surface area contributed by atoms with Crippen molar-refractivity contribution >= 4 is 21.6 Å². The number of anilines is 1. The molecular formula is C14H14N2O4S. The Balaban J connectivity index is 2.34. The van der Waals surface area contributed by atoms with E-state index >= 15 is 0 Å². The molecule has 0 aliphatic rings. The van der Waals surface area contributed by atoms with E-state index in [1.807, 2.05) is 0 Å². The highest BCUT2D eigenvalue weighted by Gasteiger charge is 2.15. The summed E-state index contributed by atoms with van der Waals surface area (Å²) in [4.78, 5) is 11.3. The maximum atomic E-state index is 12.2. The zero-order valence-corrected chi connectivity index (χ0v) is 12.1. The quantitative estimate of drug-likeness (QED) is 0.876. The molecule has 0 spiro atoms. The van der Waals surface area contributed by atoms with Crippen molar-refractivity contribution in [2.24, 2.45) is 5.73 Å². The Bertz CT molecular complexity index is 758. The Morgan fingerprint density at radius 3 is 2.38 bits per heavy atom. The molecule has 6 nitrogen and oxygen atoms in total. The van der Waals surface area contributed by atoms with Gasteiger partial charge in [-0.15, -0.1) is 0 Å². The van der Waals surface area contributed by atoms with Crippen molar-refractivity contribution in [1.82, 2.24) is 0 Å². The highest BCUT2D eigenvalue weighted by molar-refractivity contribution is 7.92. The van der Waals surface area contributed by atoms with E-state index in [-0.39, 0.29) is 21.9 Å². The lowest BCUT2D eigenvalue weighted by Crippen LogP contribution is -2.15. The van der Waals surface area contributed by atoms with Crippen LogP contribution in [0.1, 0.15) is 10.4 Å². The zero-order chi connectivity index (χ0) is 15.5. The fourth-order valence-electron chi connectivity index (χ4n) is 1.77. The molecule has 0 radical (unpaired) electrons. The first-order chi connectivity index (χ1) is 9.94. The molecule has 2 rings (SSSR count). The van der Waals surface area contributed by atoms with E-state index in [2.05, 4.69) is 4.72 Å². The highest BCUT2D eigenvalue weighted by Crippen LogP contribution is 2.24. The number of methoxy groups -OCH3 is 1. The number of nitrogens with one attached hydrogen (secondary N) is 1. The Morgan fingerprint density at radius 1 is 1.14 bits per heavy atom. The van der Waals surface area contributed by atoms with Crippen LogP contribution in [0.25, 0.3) is 0 Å². The van der Waals surface area contributed by atoms with Gasteiger partial charge in [-0.2, -0.15) is 0 Å². The molecule has 21 heavy (non-hydrogen) atoms. The van der Waals surface area contributed by atoms with Crippen molar-refractivity contribution in [3.63, 3.8) is 0 Å². The van der Waals surface area contributed by atoms with Gasteiger partial charge in [0.15, 0.2) is 0 Å². The van der Waals surface area contributed by atoms with Crippen LogP contribution in [0.4, 0.5) is 5.69 Å². The third-order valence-corrected chi connectivity index (χ3v) is 4.17. The summed E-state index contributed by atoms with van der Waals surface area (Å²) in [6.07, 6.45) is 0. The van der Waals surface area contributed by atoms with E-state index in [0.717, 1.165) is 0 Å². The number of carbonyl (C=O) groups is 1. The number of benzene rings is 2. The minimum Gasteiger partial charge on any atom is -0.496 e. The van der Waals surface area contributed by atoms with Crippen molar-refractivity contribution in [3.05, 3.63) is 54.1 Å². The van der Waals surface area contributed by atoms with Crippen LogP contribution < -0.4 is 15.2 Å². The molecule has 110 valence electrons. The summed E-state index contributed by atoms with van der Waals surface area (Å²) >= 11 is 0. The largest absolute Gasteiger partial charge is 0.496 e. The number of rotatable bonds is 5. The fraction of sp³-hybridized carbons (Fsp3) is 0.0714. The minimum absolute atomic E-state index is 0.142. The van der Waals surface area contributed by atoms with Gasteiger partial charge in [0.2, 0.25) is 0 Å².